The first-order chi connectivity index (χ1) is 12.8. The van der Waals surface area contributed by atoms with Crippen LogP contribution in [0.15, 0.2) is 60.9 Å². The van der Waals surface area contributed by atoms with Gasteiger partial charge in [0.05, 0.1) is 12.4 Å². The number of hydrogen-bond acceptors (Lipinski definition) is 4. The monoisotopic (exact) mass is 364 g/mol. The molecule has 138 valence electrons. The highest BCUT2D eigenvalue weighted by Gasteiger charge is 2.14. The highest BCUT2D eigenvalue weighted by atomic mass is 19.1. The number of rotatable bonds is 4. The average Bonchev–Trinajstić information content (AvgIpc) is 2.62. The quantitative estimate of drug-likeness (QED) is 0.690. The fourth-order valence-corrected chi connectivity index (χ4v) is 2.47. The van der Waals surface area contributed by atoms with Gasteiger partial charge in [-0.25, -0.2) is 14.4 Å². The van der Waals surface area contributed by atoms with Gasteiger partial charge in [-0.15, -0.1) is 0 Å². The van der Waals surface area contributed by atoms with E-state index in [9.17, 15) is 9.18 Å². The Balaban J connectivity index is 1.65. The van der Waals surface area contributed by atoms with E-state index in [-0.39, 0.29) is 22.8 Å². The van der Waals surface area contributed by atoms with Gasteiger partial charge in [0.15, 0.2) is 0 Å². The maximum atomic E-state index is 13.2. The van der Waals surface area contributed by atoms with E-state index in [1.165, 1.54) is 30.1 Å². The first-order valence-corrected chi connectivity index (χ1v) is 8.58. The number of amides is 1. The summed E-state index contributed by atoms with van der Waals surface area (Å²) in [5, 5.41) is 5.74. The van der Waals surface area contributed by atoms with Gasteiger partial charge in [-0.05, 0) is 41.3 Å². The van der Waals surface area contributed by atoms with Crippen molar-refractivity contribution in [3.05, 3.63) is 78.0 Å². The van der Waals surface area contributed by atoms with Crippen molar-refractivity contribution in [1.29, 1.82) is 0 Å². The number of carbonyl (C=O) groups excluding carboxylic acids is 1. The minimum Gasteiger partial charge on any atom is -0.339 e. The van der Waals surface area contributed by atoms with E-state index in [2.05, 4.69) is 41.4 Å². The van der Waals surface area contributed by atoms with Crippen molar-refractivity contribution in [2.75, 3.05) is 10.6 Å². The van der Waals surface area contributed by atoms with E-state index < -0.39 is 0 Å². The first-order valence-electron chi connectivity index (χ1n) is 8.58. The highest BCUT2D eigenvalue weighted by molar-refractivity contribution is 6.02. The molecule has 2 N–H and O–H groups in total. The van der Waals surface area contributed by atoms with Crippen molar-refractivity contribution in [2.24, 2.45) is 0 Å². The summed E-state index contributed by atoms with van der Waals surface area (Å²) in [6.45, 7) is 6.40. The van der Waals surface area contributed by atoms with Gasteiger partial charge >= 0.3 is 0 Å². The molecule has 0 unspecified atom stereocenters. The lowest BCUT2D eigenvalue weighted by Crippen LogP contribution is -2.15. The molecule has 1 amide bonds. The molecule has 0 aliphatic heterocycles. The number of nitrogens with one attached hydrogen (secondary N) is 2. The van der Waals surface area contributed by atoms with Crippen LogP contribution in [0, 0.1) is 5.82 Å². The molecule has 0 atom stereocenters. The molecule has 0 radical (unpaired) electrons. The van der Waals surface area contributed by atoms with Crippen molar-refractivity contribution in [3.8, 4) is 0 Å². The zero-order valence-electron chi connectivity index (χ0n) is 15.5. The van der Waals surface area contributed by atoms with Gasteiger partial charge in [0.2, 0.25) is 0 Å². The Morgan fingerprint density at radius 3 is 2.30 bits per heavy atom. The number of hydrogen-bond donors (Lipinski definition) is 2. The van der Waals surface area contributed by atoms with Crippen LogP contribution in [0.1, 0.15) is 36.8 Å². The van der Waals surface area contributed by atoms with E-state index in [0.717, 1.165) is 0 Å². The fraction of sp³-hybridized carbons (Fsp3) is 0.190. The second kappa shape index (κ2) is 7.53. The SMILES string of the molecule is CC(C)(C)c1ccc(NC(=O)c2cnc(Nc3cccc(F)c3)cn2)cc1. The third kappa shape index (κ3) is 4.88. The van der Waals surface area contributed by atoms with Crippen LogP contribution in [0.25, 0.3) is 0 Å². The lowest BCUT2D eigenvalue weighted by atomic mass is 9.87. The molecule has 0 spiro atoms. The van der Waals surface area contributed by atoms with Crippen molar-refractivity contribution >= 4 is 23.1 Å². The molecule has 0 saturated heterocycles. The number of nitrogens with zero attached hydrogens (tertiary/aromatic N) is 2. The lowest BCUT2D eigenvalue weighted by molar-refractivity contribution is 0.102. The number of benzene rings is 2. The van der Waals surface area contributed by atoms with Crippen LogP contribution in [0.4, 0.5) is 21.6 Å². The first kappa shape index (κ1) is 18.5. The Bertz CT molecular complexity index is 932. The second-order valence-corrected chi connectivity index (χ2v) is 7.20. The second-order valence-electron chi connectivity index (χ2n) is 7.20. The van der Waals surface area contributed by atoms with Crippen LogP contribution < -0.4 is 10.6 Å². The molecule has 0 aliphatic carbocycles. The van der Waals surface area contributed by atoms with Crippen LogP contribution in [0.2, 0.25) is 0 Å². The van der Waals surface area contributed by atoms with Crippen molar-refractivity contribution in [1.82, 2.24) is 9.97 Å². The van der Waals surface area contributed by atoms with Gasteiger partial charge in [-0.2, -0.15) is 0 Å². The van der Waals surface area contributed by atoms with Gasteiger partial charge in [-0.1, -0.05) is 39.0 Å². The Morgan fingerprint density at radius 1 is 0.963 bits per heavy atom. The molecule has 3 rings (SSSR count). The van der Waals surface area contributed by atoms with Gasteiger partial charge in [-0.3, -0.25) is 4.79 Å². The predicted molar refractivity (Wildman–Crippen MR) is 105 cm³/mol. The molecule has 0 bridgehead atoms. The summed E-state index contributed by atoms with van der Waals surface area (Å²) >= 11 is 0. The third-order valence-electron chi connectivity index (χ3n) is 3.99. The summed E-state index contributed by atoms with van der Waals surface area (Å²) in [5.41, 5.74) is 2.68. The summed E-state index contributed by atoms with van der Waals surface area (Å²) < 4.78 is 13.2. The van der Waals surface area contributed by atoms with Crippen molar-refractivity contribution < 1.29 is 9.18 Å². The summed E-state index contributed by atoms with van der Waals surface area (Å²) in [6, 6.07) is 13.7. The normalized spacial score (nSPS) is 11.1. The molecular formula is C21H21FN4O. The molecule has 0 fully saturated rings. The summed E-state index contributed by atoms with van der Waals surface area (Å²) in [7, 11) is 0. The van der Waals surface area contributed by atoms with E-state index in [1.54, 1.807) is 12.1 Å². The molecule has 2 aromatic carbocycles. The number of halogens is 1. The standard InChI is InChI=1S/C21H21FN4O/c1-21(2,3)14-7-9-16(10-8-14)26-20(27)18-12-24-19(13-23-18)25-17-6-4-5-15(22)11-17/h4-13H,1-3H3,(H,24,25)(H,26,27). The molecule has 0 aliphatic rings. The van der Waals surface area contributed by atoms with E-state index in [4.69, 9.17) is 0 Å². The Morgan fingerprint density at radius 2 is 1.70 bits per heavy atom. The molecule has 6 heteroatoms. The molecule has 5 nitrogen and oxygen atoms in total. The Hall–Kier alpha value is -3.28. The number of carbonyl (C=O) groups is 1. The minimum absolute atomic E-state index is 0.0541. The molecule has 27 heavy (non-hydrogen) atoms. The average molecular weight is 364 g/mol. The van der Waals surface area contributed by atoms with Gasteiger partial charge in [0.1, 0.15) is 17.3 Å². The van der Waals surface area contributed by atoms with Crippen molar-refractivity contribution in [3.63, 3.8) is 0 Å². The zero-order chi connectivity index (χ0) is 19.4. The molecular weight excluding hydrogens is 343 g/mol. The third-order valence-corrected chi connectivity index (χ3v) is 3.99. The minimum atomic E-state index is -0.346. The molecule has 1 heterocycles. The van der Waals surface area contributed by atoms with Crippen LogP contribution >= 0.6 is 0 Å². The molecule has 3 aromatic rings. The van der Waals surface area contributed by atoms with Gasteiger partial charge in [0.25, 0.3) is 5.91 Å². The number of anilines is 3. The lowest BCUT2D eigenvalue weighted by Gasteiger charge is -2.19. The Kier molecular flexibility index (Phi) is 5.16. The summed E-state index contributed by atoms with van der Waals surface area (Å²) in [5.74, 6) is -0.267. The molecule has 0 saturated carbocycles. The highest BCUT2D eigenvalue weighted by Crippen LogP contribution is 2.23. The van der Waals surface area contributed by atoms with Crippen LogP contribution in [-0.2, 0) is 5.41 Å². The number of aromatic nitrogens is 2. The van der Waals surface area contributed by atoms with E-state index >= 15 is 0 Å². The smallest absolute Gasteiger partial charge is 0.275 e. The topological polar surface area (TPSA) is 66.9 Å². The van der Waals surface area contributed by atoms with Crippen LogP contribution in [-0.4, -0.2) is 15.9 Å². The van der Waals surface area contributed by atoms with Crippen LogP contribution in [0.3, 0.4) is 0 Å². The predicted octanol–water partition coefficient (Wildman–Crippen LogP) is 4.91. The fourth-order valence-electron chi connectivity index (χ4n) is 2.47. The van der Waals surface area contributed by atoms with Gasteiger partial charge < -0.3 is 10.6 Å². The largest absolute Gasteiger partial charge is 0.339 e. The maximum absolute atomic E-state index is 13.2. The van der Waals surface area contributed by atoms with Crippen molar-refractivity contribution in [2.45, 2.75) is 26.2 Å². The van der Waals surface area contributed by atoms with E-state index in [0.29, 0.717) is 17.2 Å². The van der Waals surface area contributed by atoms with Crippen LogP contribution in [0.5, 0.6) is 0 Å². The molecule has 1 aromatic heterocycles. The summed E-state index contributed by atoms with van der Waals surface area (Å²) in [4.78, 5) is 20.6. The zero-order valence-corrected chi connectivity index (χ0v) is 15.5. The Labute approximate surface area is 157 Å². The van der Waals surface area contributed by atoms with E-state index in [1.807, 2.05) is 24.3 Å². The van der Waals surface area contributed by atoms with Gasteiger partial charge in [0, 0.05) is 11.4 Å². The maximum Gasteiger partial charge on any atom is 0.275 e. The summed E-state index contributed by atoms with van der Waals surface area (Å²) in [6.07, 6.45) is 2.81.